The first-order valence-corrected chi connectivity index (χ1v) is 13.4. The van der Waals surface area contributed by atoms with E-state index < -0.39 is 17.8 Å². The largest absolute Gasteiger partial charge is 0.346 e. The Hall–Kier alpha value is -3.15. The van der Waals surface area contributed by atoms with E-state index in [0.29, 0.717) is 5.69 Å². The number of hydrogen-bond donors (Lipinski definition) is 1. The molecule has 6 nitrogen and oxygen atoms in total. The van der Waals surface area contributed by atoms with Crippen LogP contribution in [0.25, 0.3) is 6.08 Å². The van der Waals surface area contributed by atoms with Gasteiger partial charge in [0.05, 0.1) is 5.69 Å². The van der Waals surface area contributed by atoms with Crippen molar-refractivity contribution in [1.29, 1.82) is 0 Å². The Balaban J connectivity index is 1.30. The third-order valence-corrected chi connectivity index (χ3v) is 9.22. The standard InChI is InChI=1S/C30H35N3O3/c1-17(2)32-18(3)9-23(19(32)4)13-26-27(34)31-29(36)33(28(26)35)25-7-5-24(6-8-25)30-14-20-10-21(15-30)12-22(11-20)16-30/h5-9,13,17,20-22H,10-12,14-16H2,1-4H3,(H,31,34,36)/b26-13+. The van der Waals surface area contributed by atoms with E-state index in [-0.39, 0.29) is 17.0 Å². The van der Waals surface area contributed by atoms with E-state index >= 15 is 0 Å². The second kappa shape index (κ2) is 8.19. The summed E-state index contributed by atoms with van der Waals surface area (Å²) in [5.74, 6) is 1.31. The molecule has 7 rings (SSSR count). The summed E-state index contributed by atoms with van der Waals surface area (Å²) in [5.41, 5.74) is 4.92. The molecule has 36 heavy (non-hydrogen) atoms. The maximum Gasteiger partial charge on any atom is 0.335 e. The fourth-order valence-corrected chi connectivity index (χ4v) is 8.22. The van der Waals surface area contributed by atoms with Gasteiger partial charge in [-0.3, -0.25) is 14.9 Å². The molecular weight excluding hydrogens is 450 g/mol. The van der Waals surface area contributed by atoms with Crippen LogP contribution in [0, 0.1) is 31.6 Å². The van der Waals surface area contributed by atoms with Crippen molar-refractivity contribution < 1.29 is 14.4 Å². The number of nitrogens with zero attached hydrogens (tertiary/aromatic N) is 2. The number of barbiturate groups is 1. The zero-order chi connectivity index (χ0) is 25.4. The van der Waals surface area contributed by atoms with Gasteiger partial charge >= 0.3 is 6.03 Å². The number of urea groups is 1. The average Bonchev–Trinajstić information content (AvgIpc) is 3.09. The Morgan fingerprint density at radius 2 is 1.53 bits per heavy atom. The van der Waals surface area contributed by atoms with Crippen molar-refractivity contribution in [2.75, 3.05) is 4.90 Å². The fourth-order valence-electron chi connectivity index (χ4n) is 8.22. The first kappa shape index (κ1) is 23.3. The average molecular weight is 486 g/mol. The molecule has 1 saturated heterocycles. The number of benzene rings is 1. The third kappa shape index (κ3) is 3.56. The highest BCUT2D eigenvalue weighted by atomic mass is 16.2. The van der Waals surface area contributed by atoms with Crippen molar-refractivity contribution in [3.63, 3.8) is 0 Å². The normalized spacial score (nSPS) is 30.6. The molecule has 188 valence electrons. The molecule has 4 aliphatic carbocycles. The quantitative estimate of drug-likeness (QED) is 0.438. The molecule has 1 aliphatic heterocycles. The lowest BCUT2D eigenvalue weighted by Gasteiger charge is -2.57. The number of anilines is 1. The summed E-state index contributed by atoms with van der Waals surface area (Å²) in [4.78, 5) is 40.0. The number of nitrogens with one attached hydrogen (secondary N) is 1. The van der Waals surface area contributed by atoms with Crippen LogP contribution in [0.3, 0.4) is 0 Å². The number of imide groups is 2. The highest BCUT2D eigenvalue weighted by molar-refractivity contribution is 6.39. The van der Waals surface area contributed by atoms with Gasteiger partial charge in [0, 0.05) is 17.4 Å². The molecule has 5 fully saturated rings. The van der Waals surface area contributed by atoms with Crippen LogP contribution in [-0.4, -0.2) is 22.4 Å². The zero-order valence-corrected chi connectivity index (χ0v) is 21.6. The van der Waals surface area contributed by atoms with Crippen molar-refractivity contribution in [3.8, 4) is 0 Å². The number of aryl methyl sites for hydroxylation is 1. The van der Waals surface area contributed by atoms with Gasteiger partial charge < -0.3 is 4.57 Å². The predicted molar refractivity (Wildman–Crippen MR) is 140 cm³/mol. The first-order valence-electron chi connectivity index (χ1n) is 13.4. The molecule has 1 N–H and O–H groups in total. The first-order chi connectivity index (χ1) is 17.1. The van der Waals surface area contributed by atoms with Gasteiger partial charge in [-0.1, -0.05) is 12.1 Å². The second-order valence-electron chi connectivity index (χ2n) is 12.0. The van der Waals surface area contributed by atoms with E-state index in [2.05, 4.69) is 35.9 Å². The SMILES string of the molecule is Cc1cc(/C=C2\C(=O)NC(=O)N(c3ccc(C45CC6CC(CC(C6)C4)C5)cc3)C2=O)c(C)n1C(C)C. The summed E-state index contributed by atoms with van der Waals surface area (Å²) < 4.78 is 2.17. The lowest BCUT2D eigenvalue weighted by atomic mass is 9.48. The molecule has 0 unspecified atom stereocenters. The molecule has 1 aromatic heterocycles. The second-order valence-corrected chi connectivity index (χ2v) is 12.0. The fraction of sp³-hybridized carbons (Fsp3) is 0.500. The van der Waals surface area contributed by atoms with Crippen LogP contribution in [0.2, 0.25) is 0 Å². The summed E-state index contributed by atoms with van der Waals surface area (Å²) in [6, 6.07) is 9.52. The Bertz CT molecular complexity index is 1260. The number of aromatic nitrogens is 1. The highest BCUT2D eigenvalue weighted by Gasteiger charge is 2.51. The van der Waals surface area contributed by atoms with E-state index in [4.69, 9.17) is 0 Å². The van der Waals surface area contributed by atoms with Crippen LogP contribution < -0.4 is 10.2 Å². The van der Waals surface area contributed by atoms with E-state index in [9.17, 15) is 14.4 Å². The summed E-state index contributed by atoms with van der Waals surface area (Å²) in [6.07, 6.45) is 9.57. The van der Waals surface area contributed by atoms with Crippen LogP contribution >= 0.6 is 0 Å². The monoisotopic (exact) mass is 485 g/mol. The molecule has 4 bridgehead atoms. The van der Waals surface area contributed by atoms with Gasteiger partial charge in [-0.2, -0.15) is 0 Å². The maximum atomic E-state index is 13.5. The molecule has 5 aliphatic rings. The van der Waals surface area contributed by atoms with Gasteiger partial charge in [0.1, 0.15) is 5.57 Å². The molecule has 6 heteroatoms. The van der Waals surface area contributed by atoms with Crippen molar-refractivity contribution in [1.82, 2.24) is 9.88 Å². The lowest BCUT2D eigenvalue weighted by molar-refractivity contribution is -0.122. The summed E-state index contributed by atoms with van der Waals surface area (Å²) in [7, 11) is 0. The Kier molecular flexibility index (Phi) is 5.29. The minimum absolute atomic E-state index is 0.0243. The number of carbonyl (C=O) groups excluding carboxylic acids is 3. The van der Waals surface area contributed by atoms with Crippen LogP contribution in [0.1, 0.15) is 80.9 Å². The Morgan fingerprint density at radius 1 is 0.944 bits per heavy atom. The molecule has 4 amide bonds. The van der Waals surface area contributed by atoms with Crippen LogP contribution in [0.15, 0.2) is 35.9 Å². The van der Waals surface area contributed by atoms with Crippen LogP contribution in [0.5, 0.6) is 0 Å². The molecule has 4 saturated carbocycles. The van der Waals surface area contributed by atoms with Gasteiger partial charge in [0.15, 0.2) is 0 Å². The van der Waals surface area contributed by atoms with Gasteiger partial charge in [-0.05, 0) is 125 Å². The predicted octanol–water partition coefficient (Wildman–Crippen LogP) is 5.82. The smallest absolute Gasteiger partial charge is 0.335 e. The van der Waals surface area contributed by atoms with Crippen molar-refractivity contribution in [3.05, 3.63) is 58.4 Å². The maximum absolute atomic E-state index is 13.5. The molecule has 2 aromatic rings. The van der Waals surface area contributed by atoms with Crippen LogP contribution in [-0.2, 0) is 15.0 Å². The van der Waals surface area contributed by atoms with Crippen LogP contribution in [0.4, 0.5) is 10.5 Å². The molecular formula is C30H35N3O3. The van der Waals surface area contributed by atoms with Gasteiger partial charge in [-0.25, -0.2) is 9.69 Å². The topological polar surface area (TPSA) is 71.4 Å². The van der Waals surface area contributed by atoms with E-state index in [1.807, 2.05) is 32.0 Å². The van der Waals surface area contributed by atoms with E-state index in [1.54, 1.807) is 6.08 Å². The minimum Gasteiger partial charge on any atom is -0.346 e. The summed E-state index contributed by atoms with van der Waals surface area (Å²) in [5, 5.41) is 2.37. The molecule has 0 spiro atoms. The number of rotatable bonds is 4. The number of amides is 4. The number of carbonyl (C=O) groups is 3. The molecule has 2 heterocycles. The van der Waals surface area contributed by atoms with Gasteiger partial charge in [-0.15, -0.1) is 0 Å². The Morgan fingerprint density at radius 3 is 2.06 bits per heavy atom. The molecule has 0 atom stereocenters. The molecule has 0 radical (unpaired) electrons. The van der Waals surface area contributed by atoms with Crippen molar-refractivity contribution in [2.24, 2.45) is 17.8 Å². The van der Waals surface area contributed by atoms with Crippen molar-refractivity contribution in [2.45, 2.75) is 77.7 Å². The van der Waals surface area contributed by atoms with E-state index in [1.165, 1.54) is 44.1 Å². The lowest BCUT2D eigenvalue weighted by Crippen LogP contribution is -2.54. The zero-order valence-electron chi connectivity index (χ0n) is 21.6. The number of hydrogen-bond acceptors (Lipinski definition) is 3. The van der Waals surface area contributed by atoms with Gasteiger partial charge in [0.25, 0.3) is 11.8 Å². The van der Waals surface area contributed by atoms with Gasteiger partial charge in [0.2, 0.25) is 0 Å². The van der Waals surface area contributed by atoms with E-state index in [0.717, 1.165) is 39.6 Å². The summed E-state index contributed by atoms with van der Waals surface area (Å²) in [6.45, 7) is 8.20. The summed E-state index contributed by atoms with van der Waals surface area (Å²) >= 11 is 0. The molecule has 1 aromatic carbocycles. The minimum atomic E-state index is -0.697. The van der Waals surface area contributed by atoms with Crippen molar-refractivity contribution >= 4 is 29.6 Å². The Labute approximate surface area is 212 Å². The third-order valence-electron chi connectivity index (χ3n) is 9.22. The highest BCUT2D eigenvalue weighted by Crippen LogP contribution is 2.60.